The fraction of sp³-hybridized carbons (Fsp3) is 0.385. The van der Waals surface area contributed by atoms with E-state index in [2.05, 4.69) is 5.32 Å². The number of aliphatic hydroxyl groups is 1. The minimum Gasteiger partial charge on any atom is -0.496 e. The number of Topliss-reactive ketones (excluding diaryl/α,β-unsaturated/α-hetero) is 1. The van der Waals surface area contributed by atoms with Gasteiger partial charge in [0.1, 0.15) is 5.75 Å². The van der Waals surface area contributed by atoms with Crippen molar-refractivity contribution in [3.8, 4) is 5.75 Å². The van der Waals surface area contributed by atoms with Gasteiger partial charge in [-0.2, -0.15) is 0 Å². The van der Waals surface area contributed by atoms with Crippen LogP contribution in [0.15, 0.2) is 18.2 Å². The molecule has 0 unspecified atom stereocenters. The van der Waals surface area contributed by atoms with Crippen molar-refractivity contribution in [2.75, 3.05) is 20.3 Å². The molecule has 0 saturated heterocycles. The van der Waals surface area contributed by atoms with Crippen LogP contribution in [0.3, 0.4) is 0 Å². The minimum atomic E-state index is -0.219. The summed E-state index contributed by atoms with van der Waals surface area (Å²) in [5, 5.41) is 11.2. The van der Waals surface area contributed by atoms with Gasteiger partial charge in [0.25, 0.3) is 0 Å². The maximum absolute atomic E-state index is 11.6. The lowest BCUT2D eigenvalue weighted by Crippen LogP contribution is -2.28. The first-order chi connectivity index (χ1) is 8.58. The Bertz CT molecular complexity index is 443. The quantitative estimate of drug-likeness (QED) is 0.724. The highest BCUT2D eigenvalue weighted by atomic mass is 16.5. The molecule has 1 rings (SSSR count). The van der Waals surface area contributed by atoms with Gasteiger partial charge in [-0.15, -0.1) is 0 Å². The van der Waals surface area contributed by atoms with Crippen molar-refractivity contribution in [3.05, 3.63) is 29.3 Å². The monoisotopic (exact) mass is 251 g/mol. The molecule has 98 valence electrons. The third-order valence-corrected chi connectivity index (χ3v) is 2.47. The van der Waals surface area contributed by atoms with Crippen molar-refractivity contribution < 1.29 is 19.4 Å². The molecule has 0 spiro atoms. The summed E-state index contributed by atoms with van der Waals surface area (Å²) in [6.45, 7) is 1.58. The molecule has 1 aromatic rings. The highest BCUT2D eigenvalue weighted by Crippen LogP contribution is 2.20. The smallest absolute Gasteiger partial charge is 0.224 e. The molecular weight excluding hydrogens is 234 g/mol. The number of ether oxygens (including phenoxy) is 1. The molecule has 0 bridgehead atoms. The fourth-order valence-electron chi connectivity index (χ4n) is 1.57. The lowest BCUT2D eigenvalue weighted by Gasteiger charge is -2.10. The van der Waals surface area contributed by atoms with Gasteiger partial charge in [-0.25, -0.2) is 0 Å². The van der Waals surface area contributed by atoms with Gasteiger partial charge in [-0.1, -0.05) is 0 Å². The molecule has 0 aliphatic rings. The lowest BCUT2D eigenvalue weighted by molar-refractivity contribution is -0.120. The van der Waals surface area contributed by atoms with Gasteiger partial charge in [0.05, 0.1) is 20.1 Å². The molecule has 2 N–H and O–H groups in total. The van der Waals surface area contributed by atoms with Gasteiger partial charge in [-0.05, 0) is 25.1 Å². The van der Waals surface area contributed by atoms with Crippen LogP contribution < -0.4 is 10.1 Å². The molecule has 0 atom stereocenters. The largest absolute Gasteiger partial charge is 0.496 e. The summed E-state index contributed by atoms with van der Waals surface area (Å²) in [6.07, 6.45) is 0.115. The van der Waals surface area contributed by atoms with Crippen LogP contribution in [-0.4, -0.2) is 37.1 Å². The van der Waals surface area contributed by atoms with Gasteiger partial charge in [0, 0.05) is 17.7 Å². The molecule has 0 saturated carbocycles. The summed E-state index contributed by atoms with van der Waals surface area (Å²) in [4.78, 5) is 22.8. The molecule has 0 heterocycles. The number of nitrogens with one attached hydrogen (secondary N) is 1. The van der Waals surface area contributed by atoms with Crippen LogP contribution in [0.2, 0.25) is 0 Å². The summed E-state index contributed by atoms with van der Waals surface area (Å²) in [5.41, 5.74) is 1.20. The van der Waals surface area contributed by atoms with Gasteiger partial charge in [0.15, 0.2) is 5.78 Å². The Morgan fingerprint density at radius 1 is 1.39 bits per heavy atom. The zero-order chi connectivity index (χ0) is 13.5. The Hall–Kier alpha value is -1.88. The molecule has 0 aliphatic carbocycles. The molecule has 0 aromatic heterocycles. The van der Waals surface area contributed by atoms with Crippen LogP contribution in [0.25, 0.3) is 0 Å². The number of hydrogen-bond acceptors (Lipinski definition) is 4. The van der Waals surface area contributed by atoms with E-state index in [1.807, 2.05) is 0 Å². The van der Waals surface area contributed by atoms with E-state index in [9.17, 15) is 9.59 Å². The van der Waals surface area contributed by atoms with E-state index in [-0.39, 0.29) is 31.3 Å². The Kier molecular flexibility index (Phi) is 5.32. The number of benzene rings is 1. The molecule has 0 aliphatic heterocycles. The predicted molar refractivity (Wildman–Crippen MR) is 66.8 cm³/mol. The molecule has 5 heteroatoms. The molecule has 1 amide bonds. The van der Waals surface area contributed by atoms with E-state index < -0.39 is 0 Å². The second-order valence-corrected chi connectivity index (χ2v) is 3.83. The Balaban J connectivity index is 2.87. The fourth-order valence-corrected chi connectivity index (χ4v) is 1.57. The number of carbonyl (C=O) groups is 2. The number of methoxy groups -OCH3 is 1. The summed E-state index contributed by atoms with van der Waals surface area (Å²) >= 11 is 0. The highest BCUT2D eigenvalue weighted by molar-refractivity contribution is 5.94. The van der Waals surface area contributed by atoms with Crippen molar-refractivity contribution in [2.24, 2.45) is 0 Å². The predicted octanol–water partition coefficient (Wildman–Crippen LogP) is 0.549. The second kappa shape index (κ2) is 6.76. The third kappa shape index (κ3) is 3.85. The topological polar surface area (TPSA) is 75.6 Å². The maximum atomic E-state index is 11.6. The standard InChI is InChI=1S/C13H17NO4/c1-9(16)10-3-4-12(18-2)11(7-10)8-13(17)14-5-6-15/h3-4,7,15H,5-6,8H2,1-2H3,(H,14,17). The average Bonchev–Trinajstić information content (AvgIpc) is 2.36. The summed E-state index contributed by atoms with van der Waals surface area (Å²) in [7, 11) is 1.51. The minimum absolute atomic E-state index is 0.0605. The molecule has 1 aromatic carbocycles. The number of aliphatic hydroxyl groups excluding tert-OH is 1. The molecule has 0 fully saturated rings. The van der Waals surface area contributed by atoms with Gasteiger partial charge < -0.3 is 15.2 Å². The van der Waals surface area contributed by atoms with Crippen LogP contribution >= 0.6 is 0 Å². The summed E-state index contributed by atoms with van der Waals surface area (Å²) < 4.78 is 5.14. The molecule has 0 radical (unpaired) electrons. The first kappa shape index (κ1) is 14.2. The van der Waals surface area contributed by atoms with E-state index in [1.54, 1.807) is 18.2 Å². The number of hydrogen-bond donors (Lipinski definition) is 2. The summed E-state index contributed by atoms with van der Waals surface area (Å²) in [5.74, 6) is 0.289. The van der Waals surface area contributed by atoms with Gasteiger partial charge >= 0.3 is 0 Å². The van der Waals surface area contributed by atoms with Crippen LogP contribution in [0.1, 0.15) is 22.8 Å². The van der Waals surface area contributed by atoms with Crippen molar-refractivity contribution in [2.45, 2.75) is 13.3 Å². The third-order valence-electron chi connectivity index (χ3n) is 2.47. The molecular formula is C13H17NO4. The molecule has 18 heavy (non-hydrogen) atoms. The number of rotatable bonds is 6. The normalized spacial score (nSPS) is 9.94. The van der Waals surface area contributed by atoms with Gasteiger partial charge in [-0.3, -0.25) is 9.59 Å². The van der Waals surface area contributed by atoms with E-state index in [0.29, 0.717) is 16.9 Å². The highest BCUT2D eigenvalue weighted by Gasteiger charge is 2.11. The Morgan fingerprint density at radius 3 is 2.67 bits per heavy atom. The Labute approximate surface area is 106 Å². The number of carbonyl (C=O) groups excluding carboxylic acids is 2. The average molecular weight is 251 g/mol. The SMILES string of the molecule is COc1ccc(C(C)=O)cc1CC(=O)NCCO. The van der Waals surface area contributed by atoms with Crippen molar-refractivity contribution >= 4 is 11.7 Å². The van der Waals surface area contributed by atoms with E-state index in [1.165, 1.54) is 14.0 Å². The Morgan fingerprint density at radius 2 is 2.11 bits per heavy atom. The van der Waals surface area contributed by atoms with E-state index >= 15 is 0 Å². The first-order valence-corrected chi connectivity index (χ1v) is 5.64. The number of ketones is 1. The van der Waals surface area contributed by atoms with Gasteiger partial charge in [0.2, 0.25) is 5.91 Å². The maximum Gasteiger partial charge on any atom is 0.224 e. The van der Waals surface area contributed by atoms with Crippen molar-refractivity contribution in [3.63, 3.8) is 0 Å². The van der Waals surface area contributed by atoms with Crippen LogP contribution in [0.5, 0.6) is 5.75 Å². The van der Waals surface area contributed by atoms with Crippen LogP contribution in [-0.2, 0) is 11.2 Å². The zero-order valence-corrected chi connectivity index (χ0v) is 10.5. The van der Waals surface area contributed by atoms with Crippen molar-refractivity contribution in [1.29, 1.82) is 0 Å². The number of amides is 1. The van der Waals surface area contributed by atoms with Crippen LogP contribution in [0.4, 0.5) is 0 Å². The van der Waals surface area contributed by atoms with Crippen molar-refractivity contribution in [1.82, 2.24) is 5.32 Å². The first-order valence-electron chi connectivity index (χ1n) is 5.64. The zero-order valence-electron chi connectivity index (χ0n) is 10.5. The lowest BCUT2D eigenvalue weighted by atomic mass is 10.0. The van der Waals surface area contributed by atoms with E-state index in [4.69, 9.17) is 9.84 Å². The second-order valence-electron chi connectivity index (χ2n) is 3.83. The van der Waals surface area contributed by atoms with Crippen LogP contribution in [0, 0.1) is 0 Å². The summed E-state index contributed by atoms with van der Waals surface area (Å²) in [6, 6.07) is 4.99. The van der Waals surface area contributed by atoms with E-state index in [0.717, 1.165) is 0 Å². The molecule has 5 nitrogen and oxygen atoms in total.